The maximum Gasteiger partial charge on any atom is 0.330 e. The molecule has 1 aromatic heterocycles. The van der Waals surface area contributed by atoms with Crippen molar-refractivity contribution in [3.63, 3.8) is 0 Å². The lowest BCUT2D eigenvalue weighted by molar-refractivity contribution is -0.142. The Hall–Kier alpha value is -2.19. The molecular weight excluding hydrogens is 356 g/mol. The fourth-order valence-electron chi connectivity index (χ4n) is 2.73. The summed E-state index contributed by atoms with van der Waals surface area (Å²) >= 11 is 1.42. The van der Waals surface area contributed by atoms with Gasteiger partial charge in [-0.25, -0.2) is 4.79 Å². The van der Waals surface area contributed by atoms with Crippen LogP contribution in [0.1, 0.15) is 40.6 Å². The maximum absolute atomic E-state index is 12.6. The van der Waals surface area contributed by atoms with Gasteiger partial charge in [-0.1, -0.05) is 6.08 Å². The zero-order valence-electron chi connectivity index (χ0n) is 15.1. The van der Waals surface area contributed by atoms with Crippen LogP contribution in [-0.2, 0) is 31.9 Å². The number of thiophene rings is 1. The number of methoxy groups -OCH3 is 1. The predicted molar refractivity (Wildman–Crippen MR) is 99.6 cm³/mol. The number of carbonyl (C=O) groups is 3. The van der Waals surface area contributed by atoms with Crippen molar-refractivity contribution < 1.29 is 23.9 Å². The summed E-state index contributed by atoms with van der Waals surface area (Å²) in [7, 11) is 1.57. The van der Waals surface area contributed by atoms with Crippen LogP contribution in [-0.4, -0.2) is 44.7 Å². The molecule has 0 saturated carbocycles. The number of hydrogen-bond donors (Lipinski definition) is 2. The molecule has 7 nitrogen and oxygen atoms in total. The van der Waals surface area contributed by atoms with E-state index < -0.39 is 18.5 Å². The van der Waals surface area contributed by atoms with E-state index in [2.05, 4.69) is 10.6 Å². The third-order valence-electron chi connectivity index (χ3n) is 3.89. The first-order chi connectivity index (χ1) is 12.6. The number of hydrogen-bond acceptors (Lipinski definition) is 6. The zero-order chi connectivity index (χ0) is 18.9. The van der Waals surface area contributed by atoms with E-state index in [4.69, 9.17) is 9.47 Å². The first-order valence-electron chi connectivity index (χ1n) is 8.57. The van der Waals surface area contributed by atoms with E-state index in [0.717, 1.165) is 36.1 Å². The molecule has 8 heteroatoms. The summed E-state index contributed by atoms with van der Waals surface area (Å²) in [5.41, 5.74) is 1.53. The van der Waals surface area contributed by atoms with Crippen molar-refractivity contribution in [3.05, 3.63) is 28.2 Å². The Morgan fingerprint density at radius 3 is 2.73 bits per heavy atom. The van der Waals surface area contributed by atoms with Crippen molar-refractivity contribution in [3.8, 4) is 0 Å². The van der Waals surface area contributed by atoms with E-state index in [-0.39, 0.29) is 5.91 Å². The molecule has 2 N–H and O–H groups in total. The van der Waals surface area contributed by atoms with Gasteiger partial charge in [0, 0.05) is 24.6 Å². The maximum atomic E-state index is 12.6. The number of fused-ring (bicyclic) bond motifs is 1. The highest BCUT2D eigenvalue weighted by molar-refractivity contribution is 7.17. The van der Waals surface area contributed by atoms with E-state index in [1.165, 1.54) is 23.5 Å². The molecule has 0 fully saturated rings. The second-order valence-corrected chi connectivity index (χ2v) is 6.92. The van der Waals surface area contributed by atoms with Crippen LogP contribution in [0.25, 0.3) is 0 Å². The van der Waals surface area contributed by atoms with Gasteiger partial charge in [-0.2, -0.15) is 0 Å². The number of rotatable bonds is 8. The number of allylic oxidation sites excluding steroid dienone is 1. The van der Waals surface area contributed by atoms with Gasteiger partial charge in [0.1, 0.15) is 5.00 Å². The molecule has 2 rings (SSSR count). The number of anilines is 1. The molecule has 1 heterocycles. The number of esters is 1. The minimum Gasteiger partial charge on any atom is -0.452 e. The van der Waals surface area contributed by atoms with Gasteiger partial charge < -0.3 is 20.1 Å². The minimum absolute atomic E-state index is 0.220. The lowest BCUT2D eigenvalue weighted by Gasteiger charge is -2.13. The molecule has 0 aromatic carbocycles. The standard InChI is InChI=1S/C18H24N2O5S/c1-3-6-15(22)25-11-14(21)20-18-16(17(23)19-9-10-24-2)12-7-4-5-8-13(12)26-18/h3,6H,4-5,7-11H2,1-2H3,(H,19,23)(H,20,21)/b6-3+. The lowest BCUT2D eigenvalue weighted by atomic mass is 9.95. The van der Waals surface area contributed by atoms with Crippen LogP contribution in [0.3, 0.4) is 0 Å². The Bertz CT molecular complexity index is 696. The number of carbonyl (C=O) groups excluding carboxylic acids is 3. The molecule has 1 aromatic rings. The summed E-state index contributed by atoms with van der Waals surface area (Å²) in [5.74, 6) is -1.26. The summed E-state index contributed by atoms with van der Waals surface area (Å²) in [6.45, 7) is 2.11. The van der Waals surface area contributed by atoms with Crippen LogP contribution >= 0.6 is 11.3 Å². The Morgan fingerprint density at radius 1 is 1.23 bits per heavy atom. The summed E-state index contributed by atoms with van der Waals surface area (Å²) in [4.78, 5) is 37.2. The molecule has 0 radical (unpaired) electrons. The monoisotopic (exact) mass is 380 g/mol. The van der Waals surface area contributed by atoms with Crippen LogP contribution in [0.4, 0.5) is 5.00 Å². The number of aryl methyl sites for hydroxylation is 1. The Balaban J connectivity index is 2.11. The molecule has 26 heavy (non-hydrogen) atoms. The van der Waals surface area contributed by atoms with Crippen LogP contribution in [0, 0.1) is 0 Å². The Kier molecular flexibility index (Phi) is 7.80. The average molecular weight is 380 g/mol. The molecule has 0 saturated heterocycles. The molecule has 1 aliphatic carbocycles. The highest BCUT2D eigenvalue weighted by Gasteiger charge is 2.26. The van der Waals surface area contributed by atoms with Crippen LogP contribution in [0.5, 0.6) is 0 Å². The third kappa shape index (κ3) is 5.40. The van der Waals surface area contributed by atoms with Crippen molar-refractivity contribution >= 4 is 34.1 Å². The highest BCUT2D eigenvalue weighted by Crippen LogP contribution is 2.38. The van der Waals surface area contributed by atoms with Gasteiger partial charge in [0.05, 0.1) is 12.2 Å². The summed E-state index contributed by atoms with van der Waals surface area (Å²) in [5, 5.41) is 6.05. The fourth-order valence-corrected chi connectivity index (χ4v) is 4.04. The second kappa shape index (κ2) is 10.1. The van der Waals surface area contributed by atoms with Crippen molar-refractivity contribution in [1.29, 1.82) is 0 Å². The van der Waals surface area contributed by atoms with Gasteiger partial charge in [0.15, 0.2) is 6.61 Å². The molecule has 0 spiro atoms. The molecule has 142 valence electrons. The number of nitrogens with one attached hydrogen (secondary N) is 2. The van der Waals surface area contributed by atoms with E-state index >= 15 is 0 Å². The second-order valence-electron chi connectivity index (χ2n) is 5.82. The first kappa shape index (κ1) is 20.1. The van der Waals surface area contributed by atoms with Gasteiger partial charge in [0.2, 0.25) is 0 Å². The highest BCUT2D eigenvalue weighted by atomic mass is 32.1. The largest absolute Gasteiger partial charge is 0.452 e. The van der Waals surface area contributed by atoms with Gasteiger partial charge in [0.25, 0.3) is 11.8 Å². The first-order valence-corrected chi connectivity index (χ1v) is 9.39. The lowest BCUT2D eigenvalue weighted by Crippen LogP contribution is -2.29. The molecular formula is C18H24N2O5S. The van der Waals surface area contributed by atoms with Crippen molar-refractivity contribution in [1.82, 2.24) is 5.32 Å². The summed E-state index contributed by atoms with van der Waals surface area (Å²) < 4.78 is 9.80. The normalized spacial score (nSPS) is 13.3. The molecule has 0 aliphatic heterocycles. The summed E-state index contributed by atoms with van der Waals surface area (Å²) in [6.07, 6.45) is 6.61. The molecule has 2 amide bonds. The third-order valence-corrected chi connectivity index (χ3v) is 5.10. The number of amides is 2. The molecule has 0 atom stereocenters. The SMILES string of the molecule is C/C=C/C(=O)OCC(=O)Nc1sc2c(c1C(=O)NCCOC)CCCC2. The number of ether oxygens (including phenoxy) is 2. The van der Waals surface area contributed by atoms with E-state index in [1.54, 1.807) is 14.0 Å². The summed E-state index contributed by atoms with van der Waals surface area (Å²) in [6, 6.07) is 0. The van der Waals surface area contributed by atoms with Crippen molar-refractivity contribution in [2.45, 2.75) is 32.6 Å². The minimum atomic E-state index is -0.578. The van der Waals surface area contributed by atoms with Gasteiger partial charge in [-0.15, -0.1) is 11.3 Å². The smallest absolute Gasteiger partial charge is 0.330 e. The fraction of sp³-hybridized carbons (Fsp3) is 0.500. The quantitative estimate of drug-likeness (QED) is 0.409. The van der Waals surface area contributed by atoms with Gasteiger partial charge in [-0.05, 0) is 38.2 Å². The van der Waals surface area contributed by atoms with E-state index in [9.17, 15) is 14.4 Å². The van der Waals surface area contributed by atoms with Crippen LogP contribution < -0.4 is 10.6 Å². The Labute approximate surface area is 156 Å². The topological polar surface area (TPSA) is 93.7 Å². The van der Waals surface area contributed by atoms with E-state index in [1.807, 2.05) is 0 Å². The zero-order valence-corrected chi connectivity index (χ0v) is 15.9. The van der Waals surface area contributed by atoms with Crippen LogP contribution in [0.15, 0.2) is 12.2 Å². The van der Waals surface area contributed by atoms with Gasteiger partial charge >= 0.3 is 5.97 Å². The van der Waals surface area contributed by atoms with Crippen molar-refractivity contribution in [2.24, 2.45) is 0 Å². The predicted octanol–water partition coefficient (Wildman–Crippen LogP) is 2.06. The molecule has 0 bridgehead atoms. The molecule has 1 aliphatic rings. The average Bonchev–Trinajstić information content (AvgIpc) is 2.98. The van der Waals surface area contributed by atoms with Crippen molar-refractivity contribution in [2.75, 3.05) is 32.2 Å². The Morgan fingerprint density at radius 2 is 2.00 bits per heavy atom. The van der Waals surface area contributed by atoms with Crippen LogP contribution in [0.2, 0.25) is 0 Å². The van der Waals surface area contributed by atoms with Gasteiger partial charge in [-0.3, -0.25) is 9.59 Å². The van der Waals surface area contributed by atoms with E-state index in [0.29, 0.717) is 23.7 Å². The molecule has 0 unspecified atom stereocenters.